The van der Waals surface area contributed by atoms with E-state index in [1.54, 1.807) is 11.0 Å². The zero-order valence-corrected chi connectivity index (χ0v) is 20.5. The third-order valence-corrected chi connectivity index (χ3v) is 7.08. The molecule has 0 bridgehead atoms. The number of ketones is 1. The van der Waals surface area contributed by atoms with Crippen LogP contribution in [0.5, 0.6) is 0 Å². The molecule has 0 radical (unpaired) electrons. The van der Waals surface area contributed by atoms with Crippen LogP contribution in [0.4, 0.5) is 21.5 Å². The first kappa shape index (κ1) is 24.0. The van der Waals surface area contributed by atoms with Crippen molar-refractivity contribution in [2.45, 2.75) is 13.0 Å². The van der Waals surface area contributed by atoms with Gasteiger partial charge in [-0.25, -0.2) is 4.39 Å². The minimum absolute atomic E-state index is 0.0723. The Morgan fingerprint density at radius 2 is 1.69 bits per heavy atom. The molecule has 1 N–H and O–H groups in total. The van der Waals surface area contributed by atoms with Crippen LogP contribution in [0.15, 0.2) is 72.8 Å². The fraction of sp³-hybridized carbons (Fsp3) is 0.310. The summed E-state index contributed by atoms with van der Waals surface area (Å²) in [5.41, 5.74) is 3.83. The van der Waals surface area contributed by atoms with Crippen LogP contribution in [-0.4, -0.2) is 56.4 Å². The fourth-order valence-electron chi connectivity index (χ4n) is 4.89. The molecule has 1 fully saturated rings. The van der Waals surface area contributed by atoms with Gasteiger partial charge in [0.1, 0.15) is 5.82 Å². The van der Waals surface area contributed by atoms with Crippen molar-refractivity contribution in [1.29, 1.82) is 0 Å². The van der Waals surface area contributed by atoms with Crippen molar-refractivity contribution >= 4 is 28.8 Å². The van der Waals surface area contributed by atoms with E-state index in [0.717, 1.165) is 37.4 Å². The molecule has 0 unspecified atom stereocenters. The lowest BCUT2D eigenvalue weighted by atomic mass is 9.96. The summed E-state index contributed by atoms with van der Waals surface area (Å²) in [5, 5.41) is 3.27. The zero-order chi connectivity index (χ0) is 25.1. The summed E-state index contributed by atoms with van der Waals surface area (Å²) < 4.78 is 14.2. The molecule has 1 saturated heterocycles. The van der Waals surface area contributed by atoms with Gasteiger partial charge in [-0.1, -0.05) is 30.3 Å². The normalized spacial score (nSPS) is 18.4. The molecule has 0 saturated carbocycles. The van der Waals surface area contributed by atoms with E-state index in [1.165, 1.54) is 12.1 Å². The Morgan fingerprint density at radius 1 is 0.972 bits per heavy atom. The Kier molecular flexibility index (Phi) is 7.00. The minimum Gasteiger partial charge on any atom is -0.383 e. The predicted octanol–water partition coefficient (Wildman–Crippen LogP) is 4.43. The van der Waals surface area contributed by atoms with Crippen molar-refractivity contribution in [2.24, 2.45) is 5.92 Å². The van der Waals surface area contributed by atoms with Crippen molar-refractivity contribution in [2.75, 3.05) is 54.9 Å². The first-order chi connectivity index (χ1) is 17.5. The summed E-state index contributed by atoms with van der Waals surface area (Å²) in [6, 6.07) is 21.7. The van der Waals surface area contributed by atoms with E-state index in [0.29, 0.717) is 30.0 Å². The van der Waals surface area contributed by atoms with Crippen molar-refractivity contribution in [3.8, 4) is 0 Å². The molecule has 3 aromatic rings. The number of hydrogen-bond donors (Lipinski definition) is 1. The largest absolute Gasteiger partial charge is 0.383 e. The van der Waals surface area contributed by atoms with Gasteiger partial charge in [0.15, 0.2) is 5.78 Å². The lowest BCUT2D eigenvalue weighted by molar-refractivity contribution is -0.122. The van der Waals surface area contributed by atoms with E-state index >= 15 is 0 Å². The molecule has 7 heteroatoms. The van der Waals surface area contributed by atoms with Crippen molar-refractivity contribution in [3.05, 3.63) is 89.7 Å². The van der Waals surface area contributed by atoms with E-state index in [2.05, 4.69) is 22.2 Å². The Hall–Kier alpha value is -3.71. The van der Waals surface area contributed by atoms with Crippen molar-refractivity contribution in [1.82, 2.24) is 4.90 Å². The molecular formula is C29H31FN4O2. The molecule has 6 nitrogen and oxygen atoms in total. The topological polar surface area (TPSA) is 55.9 Å². The van der Waals surface area contributed by atoms with Gasteiger partial charge in [-0.15, -0.1) is 0 Å². The first-order valence-corrected chi connectivity index (χ1v) is 12.4. The number of benzene rings is 3. The van der Waals surface area contributed by atoms with Crippen LogP contribution < -0.4 is 15.1 Å². The molecule has 0 aliphatic carbocycles. The molecule has 2 aliphatic heterocycles. The molecule has 5 rings (SSSR count). The third-order valence-electron chi connectivity index (χ3n) is 7.08. The molecule has 1 atom stereocenters. The van der Waals surface area contributed by atoms with E-state index in [9.17, 15) is 14.0 Å². The molecule has 2 aliphatic rings. The highest BCUT2D eigenvalue weighted by Gasteiger charge is 2.32. The number of anilines is 3. The van der Waals surface area contributed by atoms with Gasteiger partial charge in [0.05, 0.1) is 23.8 Å². The van der Waals surface area contributed by atoms with Crippen LogP contribution in [0.2, 0.25) is 0 Å². The van der Waals surface area contributed by atoms with Gasteiger partial charge < -0.3 is 20.0 Å². The number of amides is 1. The molecule has 186 valence electrons. The van der Waals surface area contributed by atoms with Crippen LogP contribution in [0, 0.1) is 11.7 Å². The maximum atomic E-state index is 14.2. The van der Waals surface area contributed by atoms with Gasteiger partial charge in [0.25, 0.3) is 0 Å². The second kappa shape index (κ2) is 10.5. The molecule has 36 heavy (non-hydrogen) atoms. The van der Waals surface area contributed by atoms with Gasteiger partial charge in [0.2, 0.25) is 5.91 Å². The molecule has 1 amide bonds. The summed E-state index contributed by atoms with van der Waals surface area (Å²) in [7, 11) is 2.12. The molecule has 0 spiro atoms. The number of Topliss-reactive ketones (excluding diaryl/α,β-unsaturated/α-hetero) is 1. The average molecular weight is 487 g/mol. The first-order valence-electron chi connectivity index (χ1n) is 12.4. The van der Waals surface area contributed by atoms with Gasteiger partial charge >= 0.3 is 0 Å². The number of likely N-dealkylation sites (N-methyl/N-ethyl adjacent to an activating group) is 1. The standard InChI is InChI=1S/C29H31FN4O2/c1-32-13-15-33(16-14-32)25-10-7-22(8-11-25)28(35)17-23-19-31-26-12-9-24(30)18-27(26)34(29(23)36)20-21-5-3-2-4-6-21/h2-12,18,23,31H,13-17,19-20H2,1H3/t23-/m0/s1. The molecule has 2 heterocycles. The number of carbonyl (C=O) groups excluding carboxylic acids is 2. The Bertz CT molecular complexity index is 1220. The molecule has 3 aromatic carbocycles. The summed E-state index contributed by atoms with van der Waals surface area (Å²) in [6.07, 6.45) is 0.0848. The maximum Gasteiger partial charge on any atom is 0.232 e. The number of carbonyl (C=O) groups is 2. The monoisotopic (exact) mass is 486 g/mol. The number of piperazine rings is 1. The highest BCUT2D eigenvalue weighted by molar-refractivity contribution is 6.04. The zero-order valence-electron chi connectivity index (χ0n) is 20.5. The third kappa shape index (κ3) is 5.26. The van der Waals surface area contributed by atoms with Gasteiger partial charge in [-0.05, 0) is 55.1 Å². The Labute approximate surface area is 211 Å². The molecule has 0 aromatic heterocycles. The number of hydrogen-bond acceptors (Lipinski definition) is 5. The smallest absolute Gasteiger partial charge is 0.232 e. The second-order valence-corrected chi connectivity index (χ2v) is 9.61. The van der Waals surface area contributed by atoms with Crippen LogP contribution in [0.3, 0.4) is 0 Å². The number of nitrogens with one attached hydrogen (secondary N) is 1. The predicted molar refractivity (Wildman–Crippen MR) is 141 cm³/mol. The van der Waals surface area contributed by atoms with E-state index in [1.807, 2.05) is 54.6 Å². The van der Waals surface area contributed by atoms with E-state index < -0.39 is 11.7 Å². The van der Waals surface area contributed by atoms with Gasteiger partial charge in [-0.3, -0.25) is 9.59 Å². The number of fused-ring (bicyclic) bond motifs is 1. The summed E-state index contributed by atoms with van der Waals surface area (Å²) in [4.78, 5) is 33.1. The fourth-order valence-corrected chi connectivity index (χ4v) is 4.89. The maximum absolute atomic E-state index is 14.2. The highest BCUT2D eigenvalue weighted by atomic mass is 19.1. The van der Waals surface area contributed by atoms with Crippen molar-refractivity contribution in [3.63, 3.8) is 0 Å². The Morgan fingerprint density at radius 3 is 2.42 bits per heavy atom. The van der Waals surface area contributed by atoms with Crippen LogP contribution in [0.1, 0.15) is 22.3 Å². The van der Waals surface area contributed by atoms with Crippen LogP contribution >= 0.6 is 0 Å². The summed E-state index contributed by atoms with van der Waals surface area (Å²) >= 11 is 0. The van der Waals surface area contributed by atoms with Crippen LogP contribution in [-0.2, 0) is 11.3 Å². The summed E-state index contributed by atoms with van der Waals surface area (Å²) in [5.74, 6) is -1.22. The van der Waals surface area contributed by atoms with E-state index in [-0.39, 0.29) is 18.1 Å². The lowest BCUT2D eigenvalue weighted by Crippen LogP contribution is -2.44. The average Bonchev–Trinajstić information content (AvgIpc) is 3.02. The van der Waals surface area contributed by atoms with Crippen molar-refractivity contribution < 1.29 is 14.0 Å². The molecular weight excluding hydrogens is 455 g/mol. The minimum atomic E-state index is -0.561. The van der Waals surface area contributed by atoms with Gasteiger partial charge in [-0.2, -0.15) is 0 Å². The summed E-state index contributed by atoms with van der Waals surface area (Å²) in [6.45, 7) is 4.58. The SMILES string of the molecule is CN1CCN(c2ccc(C(=O)C[C@H]3CNc4ccc(F)cc4N(Cc4ccccc4)C3=O)cc2)CC1. The Balaban J connectivity index is 1.33. The quantitative estimate of drug-likeness (QED) is 0.523. The number of rotatable bonds is 6. The second-order valence-electron chi connectivity index (χ2n) is 9.61. The lowest BCUT2D eigenvalue weighted by Gasteiger charge is -2.34. The van der Waals surface area contributed by atoms with Gasteiger partial charge in [0, 0.05) is 50.4 Å². The van der Waals surface area contributed by atoms with Crippen LogP contribution in [0.25, 0.3) is 0 Å². The van der Waals surface area contributed by atoms with E-state index in [4.69, 9.17) is 0 Å². The number of nitrogens with zero attached hydrogens (tertiary/aromatic N) is 3. The number of halogens is 1. The highest BCUT2D eigenvalue weighted by Crippen LogP contribution is 2.33.